The summed E-state index contributed by atoms with van der Waals surface area (Å²) in [6.45, 7) is 2.60. The molecule has 0 spiro atoms. The second-order valence-corrected chi connectivity index (χ2v) is 4.96. The zero-order chi connectivity index (χ0) is 13.2. The Bertz CT molecular complexity index is 565. The molecule has 1 aliphatic heterocycles. The van der Waals surface area contributed by atoms with Crippen LogP contribution in [0.3, 0.4) is 0 Å². The lowest BCUT2D eigenvalue weighted by Gasteiger charge is -2.22. The van der Waals surface area contributed by atoms with Gasteiger partial charge in [0, 0.05) is 18.0 Å². The Hall–Kier alpha value is -1.88. The zero-order valence-electron chi connectivity index (χ0n) is 10.9. The van der Waals surface area contributed by atoms with Crippen LogP contribution >= 0.6 is 0 Å². The Labute approximate surface area is 111 Å². The fraction of sp³-hybridized carbons (Fsp3) is 0.429. The molecule has 0 radical (unpaired) electrons. The standard InChI is InChI=1S/C14H17N3O2/c1-9(15)8-13-16-14(19-17-13)11-6-7-18-12-5-3-2-4-10(11)12/h2-5,9,11H,6-8,15H2,1H3. The van der Waals surface area contributed by atoms with E-state index < -0.39 is 0 Å². The minimum absolute atomic E-state index is 0.0347. The average molecular weight is 259 g/mol. The number of rotatable bonds is 3. The summed E-state index contributed by atoms with van der Waals surface area (Å²) in [7, 11) is 0. The van der Waals surface area contributed by atoms with Crippen LogP contribution in [0.25, 0.3) is 0 Å². The second-order valence-electron chi connectivity index (χ2n) is 4.96. The minimum atomic E-state index is 0.0347. The minimum Gasteiger partial charge on any atom is -0.493 e. The number of nitrogens with zero attached hydrogens (tertiary/aromatic N) is 2. The first-order valence-corrected chi connectivity index (χ1v) is 6.54. The molecule has 3 rings (SSSR count). The predicted molar refractivity (Wildman–Crippen MR) is 70.0 cm³/mol. The highest BCUT2D eigenvalue weighted by Crippen LogP contribution is 2.37. The second kappa shape index (κ2) is 5.01. The Kier molecular flexibility index (Phi) is 3.21. The van der Waals surface area contributed by atoms with Crippen molar-refractivity contribution in [3.8, 4) is 5.75 Å². The van der Waals surface area contributed by atoms with Crippen LogP contribution in [-0.4, -0.2) is 22.8 Å². The molecule has 0 saturated heterocycles. The normalized spacial score (nSPS) is 19.6. The van der Waals surface area contributed by atoms with Crippen LogP contribution in [0, 0.1) is 0 Å². The van der Waals surface area contributed by atoms with Crippen molar-refractivity contribution in [1.82, 2.24) is 10.1 Å². The van der Waals surface area contributed by atoms with Gasteiger partial charge in [0.15, 0.2) is 5.82 Å². The van der Waals surface area contributed by atoms with Gasteiger partial charge in [0.25, 0.3) is 0 Å². The number of fused-ring (bicyclic) bond motifs is 1. The molecule has 0 bridgehead atoms. The number of para-hydroxylation sites is 1. The van der Waals surface area contributed by atoms with E-state index in [9.17, 15) is 0 Å². The fourth-order valence-corrected chi connectivity index (χ4v) is 2.38. The van der Waals surface area contributed by atoms with E-state index in [-0.39, 0.29) is 12.0 Å². The summed E-state index contributed by atoms with van der Waals surface area (Å²) in [5.74, 6) is 2.37. The van der Waals surface area contributed by atoms with Gasteiger partial charge in [-0.1, -0.05) is 23.4 Å². The lowest BCUT2D eigenvalue weighted by atomic mass is 9.93. The molecular weight excluding hydrogens is 242 g/mol. The van der Waals surface area contributed by atoms with Gasteiger partial charge in [-0.2, -0.15) is 4.98 Å². The lowest BCUT2D eigenvalue weighted by Crippen LogP contribution is -2.19. The van der Waals surface area contributed by atoms with E-state index in [4.69, 9.17) is 15.0 Å². The molecular formula is C14H17N3O2. The summed E-state index contributed by atoms with van der Waals surface area (Å²) in [5.41, 5.74) is 6.86. The molecule has 0 saturated carbocycles. The van der Waals surface area contributed by atoms with Crippen molar-refractivity contribution in [3.63, 3.8) is 0 Å². The SMILES string of the molecule is CC(N)Cc1noc(C2CCOc3ccccc32)n1. The van der Waals surface area contributed by atoms with Crippen molar-refractivity contribution in [2.75, 3.05) is 6.61 Å². The lowest BCUT2D eigenvalue weighted by molar-refractivity contribution is 0.256. The molecule has 5 nitrogen and oxygen atoms in total. The third kappa shape index (κ3) is 2.46. The predicted octanol–water partition coefficient (Wildman–Crippen LogP) is 1.87. The Morgan fingerprint density at radius 1 is 1.42 bits per heavy atom. The summed E-state index contributed by atoms with van der Waals surface area (Å²) < 4.78 is 11.0. The van der Waals surface area contributed by atoms with Crippen molar-refractivity contribution in [2.45, 2.75) is 31.7 Å². The quantitative estimate of drug-likeness (QED) is 0.910. The maximum Gasteiger partial charge on any atom is 0.234 e. The monoisotopic (exact) mass is 259 g/mol. The van der Waals surface area contributed by atoms with Crippen LogP contribution in [0.4, 0.5) is 0 Å². The molecule has 2 heterocycles. The summed E-state index contributed by atoms with van der Waals surface area (Å²) in [6, 6.07) is 8.03. The van der Waals surface area contributed by atoms with Gasteiger partial charge in [-0.15, -0.1) is 0 Å². The van der Waals surface area contributed by atoms with Gasteiger partial charge >= 0.3 is 0 Å². The molecule has 2 aromatic rings. The van der Waals surface area contributed by atoms with Crippen LogP contribution < -0.4 is 10.5 Å². The highest BCUT2D eigenvalue weighted by Gasteiger charge is 2.27. The topological polar surface area (TPSA) is 74.2 Å². The van der Waals surface area contributed by atoms with Gasteiger partial charge < -0.3 is 15.0 Å². The summed E-state index contributed by atoms with van der Waals surface area (Å²) in [5, 5.41) is 4.00. The third-order valence-corrected chi connectivity index (χ3v) is 3.24. The Morgan fingerprint density at radius 2 is 2.26 bits per heavy atom. The summed E-state index contributed by atoms with van der Waals surface area (Å²) in [4.78, 5) is 4.46. The zero-order valence-corrected chi connectivity index (χ0v) is 10.9. The van der Waals surface area contributed by atoms with E-state index in [1.807, 2.05) is 25.1 Å². The van der Waals surface area contributed by atoms with Crippen molar-refractivity contribution >= 4 is 0 Å². The fourth-order valence-electron chi connectivity index (χ4n) is 2.38. The maximum atomic E-state index is 5.75. The van der Waals surface area contributed by atoms with Crippen molar-refractivity contribution < 1.29 is 9.26 Å². The van der Waals surface area contributed by atoms with Crippen LogP contribution in [0.5, 0.6) is 5.75 Å². The van der Waals surface area contributed by atoms with Crippen LogP contribution in [-0.2, 0) is 6.42 Å². The first-order valence-electron chi connectivity index (χ1n) is 6.54. The number of benzene rings is 1. The maximum absolute atomic E-state index is 5.75. The molecule has 100 valence electrons. The molecule has 0 amide bonds. The van der Waals surface area contributed by atoms with Gasteiger partial charge in [0.05, 0.1) is 12.5 Å². The molecule has 0 fully saturated rings. The van der Waals surface area contributed by atoms with Crippen molar-refractivity contribution in [2.24, 2.45) is 5.73 Å². The van der Waals surface area contributed by atoms with E-state index in [1.54, 1.807) is 0 Å². The highest BCUT2D eigenvalue weighted by atomic mass is 16.5. The first-order chi connectivity index (χ1) is 9.24. The molecule has 19 heavy (non-hydrogen) atoms. The smallest absolute Gasteiger partial charge is 0.234 e. The molecule has 1 aliphatic rings. The first kappa shape index (κ1) is 12.2. The van der Waals surface area contributed by atoms with Crippen LogP contribution in [0.15, 0.2) is 28.8 Å². The van der Waals surface area contributed by atoms with Crippen LogP contribution in [0.2, 0.25) is 0 Å². The molecule has 5 heteroatoms. The average Bonchev–Trinajstić information content (AvgIpc) is 2.85. The van der Waals surface area contributed by atoms with Crippen molar-refractivity contribution in [1.29, 1.82) is 0 Å². The van der Waals surface area contributed by atoms with E-state index in [2.05, 4.69) is 16.2 Å². The summed E-state index contributed by atoms with van der Waals surface area (Å²) >= 11 is 0. The van der Waals surface area contributed by atoms with Gasteiger partial charge in [0.1, 0.15) is 5.75 Å². The molecule has 1 aromatic heterocycles. The number of aromatic nitrogens is 2. The van der Waals surface area contributed by atoms with E-state index in [0.29, 0.717) is 24.7 Å². The molecule has 0 aliphatic carbocycles. The Balaban J connectivity index is 1.89. The number of ether oxygens (including phenoxy) is 1. The molecule has 2 unspecified atom stereocenters. The van der Waals surface area contributed by atoms with Gasteiger partial charge in [-0.3, -0.25) is 0 Å². The number of nitrogens with two attached hydrogens (primary N) is 1. The van der Waals surface area contributed by atoms with E-state index in [1.165, 1.54) is 0 Å². The van der Waals surface area contributed by atoms with Gasteiger partial charge in [-0.05, 0) is 19.4 Å². The molecule has 1 aromatic carbocycles. The largest absolute Gasteiger partial charge is 0.493 e. The van der Waals surface area contributed by atoms with Crippen molar-refractivity contribution in [3.05, 3.63) is 41.5 Å². The van der Waals surface area contributed by atoms with E-state index >= 15 is 0 Å². The highest BCUT2D eigenvalue weighted by molar-refractivity contribution is 5.40. The van der Waals surface area contributed by atoms with Gasteiger partial charge in [-0.25, -0.2) is 0 Å². The number of hydrogen-bond acceptors (Lipinski definition) is 5. The molecule has 2 atom stereocenters. The number of hydrogen-bond donors (Lipinski definition) is 1. The van der Waals surface area contributed by atoms with Crippen LogP contribution in [0.1, 0.15) is 36.5 Å². The van der Waals surface area contributed by atoms with E-state index in [0.717, 1.165) is 17.7 Å². The molecule has 2 N–H and O–H groups in total. The Morgan fingerprint density at radius 3 is 3.11 bits per heavy atom. The summed E-state index contributed by atoms with van der Waals surface area (Å²) in [6.07, 6.45) is 1.49. The van der Waals surface area contributed by atoms with Gasteiger partial charge in [0.2, 0.25) is 5.89 Å². The third-order valence-electron chi connectivity index (χ3n) is 3.24.